The van der Waals surface area contributed by atoms with Gasteiger partial charge in [0, 0.05) is 12.6 Å². The molecule has 144 valence electrons. The Balaban J connectivity index is 2.07. The van der Waals surface area contributed by atoms with Crippen LogP contribution in [0.1, 0.15) is 21.5 Å². The van der Waals surface area contributed by atoms with Crippen LogP contribution in [-0.2, 0) is 5.41 Å². The van der Waals surface area contributed by atoms with Gasteiger partial charge in [0.05, 0.1) is 4.92 Å². The molecule has 1 aliphatic heterocycles. The van der Waals surface area contributed by atoms with Gasteiger partial charge in [0.1, 0.15) is 5.56 Å². The molecule has 0 saturated heterocycles. The van der Waals surface area contributed by atoms with Crippen molar-refractivity contribution in [2.75, 3.05) is 7.05 Å². The molecular formula is C19H12N4O6. The largest absolute Gasteiger partial charge is 0.418 e. The van der Waals surface area contributed by atoms with Crippen LogP contribution in [0.4, 0.5) is 0 Å². The predicted octanol–water partition coefficient (Wildman–Crippen LogP) is 0.756. The number of carbonyl (C=O) groups excluding carboxylic acids is 1. The van der Waals surface area contributed by atoms with Gasteiger partial charge in [-0.25, -0.2) is 4.79 Å². The minimum absolute atomic E-state index is 0.256. The number of nitrogens with zero attached hydrogens (tertiary/aromatic N) is 1. The average molecular weight is 392 g/mol. The first kappa shape index (κ1) is 16.9. The molecule has 0 radical (unpaired) electrons. The van der Waals surface area contributed by atoms with Gasteiger partial charge in [-0.2, -0.15) is 0 Å². The summed E-state index contributed by atoms with van der Waals surface area (Å²) in [6.45, 7) is 0. The molecule has 2 aromatic carbocycles. The summed E-state index contributed by atoms with van der Waals surface area (Å²) in [4.78, 5) is 54.3. The van der Waals surface area contributed by atoms with Crippen molar-refractivity contribution in [1.82, 2.24) is 15.3 Å². The summed E-state index contributed by atoms with van der Waals surface area (Å²) >= 11 is 0. The van der Waals surface area contributed by atoms with Crippen LogP contribution in [0, 0.1) is 10.1 Å². The smallest absolute Gasteiger partial charge is 0.328 e. The number of benzene rings is 2. The highest BCUT2D eigenvalue weighted by Gasteiger charge is 2.64. The van der Waals surface area contributed by atoms with E-state index in [0.29, 0.717) is 10.8 Å². The molecule has 2 aliphatic rings. The summed E-state index contributed by atoms with van der Waals surface area (Å²) in [6, 6.07) is 10.0. The predicted molar refractivity (Wildman–Crippen MR) is 100 cm³/mol. The Morgan fingerprint density at radius 2 is 1.83 bits per heavy atom. The fourth-order valence-electron chi connectivity index (χ4n) is 4.36. The van der Waals surface area contributed by atoms with Crippen molar-refractivity contribution >= 4 is 16.6 Å². The van der Waals surface area contributed by atoms with Crippen molar-refractivity contribution in [1.29, 1.82) is 0 Å². The number of hydrogen-bond acceptors (Lipinski definition) is 7. The molecule has 2 heterocycles. The highest BCUT2D eigenvalue weighted by Crippen LogP contribution is 2.53. The second kappa shape index (κ2) is 5.41. The number of ether oxygens (including phenoxy) is 1. The van der Waals surface area contributed by atoms with Gasteiger partial charge in [-0.05, 0) is 16.3 Å². The summed E-state index contributed by atoms with van der Waals surface area (Å²) in [5.41, 5.74) is -4.25. The Labute approximate surface area is 161 Å². The van der Waals surface area contributed by atoms with Crippen molar-refractivity contribution in [3.63, 3.8) is 0 Å². The van der Waals surface area contributed by atoms with E-state index in [-0.39, 0.29) is 28.5 Å². The van der Waals surface area contributed by atoms with Crippen LogP contribution < -0.4 is 21.3 Å². The average Bonchev–Trinajstić information content (AvgIpc) is 2.92. The first-order valence-corrected chi connectivity index (χ1v) is 8.60. The standard InChI is InChI=1S/C19H12N4O6/c1-20-17-13(23(27)28)19(12-15(25)21-18(26)22-16(12)29-17)10-7-3-5-8-4-2-6-9(11(8)10)14(19)24/h2-7,20H,1H3,(H2,21,22,25,26). The molecule has 3 N–H and O–H groups in total. The molecule has 1 spiro atoms. The number of nitro groups is 1. The summed E-state index contributed by atoms with van der Waals surface area (Å²) in [6.07, 6.45) is 0. The molecule has 1 aromatic heterocycles. The fraction of sp³-hybridized carbons (Fsp3) is 0.105. The van der Waals surface area contributed by atoms with E-state index in [1.807, 2.05) is 0 Å². The van der Waals surface area contributed by atoms with Crippen molar-refractivity contribution in [3.8, 4) is 5.88 Å². The Morgan fingerprint density at radius 1 is 1.10 bits per heavy atom. The van der Waals surface area contributed by atoms with Gasteiger partial charge >= 0.3 is 11.4 Å². The van der Waals surface area contributed by atoms with Gasteiger partial charge in [-0.1, -0.05) is 36.4 Å². The SMILES string of the molecule is CNC1=C([N+](=O)[O-])C2(C(=O)c3cccc4cccc2c34)c2c([nH]c(=O)[nH]c2=O)O1. The lowest BCUT2D eigenvalue weighted by Gasteiger charge is -2.31. The van der Waals surface area contributed by atoms with Gasteiger partial charge in [0.15, 0.2) is 11.2 Å². The molecule has 0 fully saturated rings. The first-order chi connectivity index (χ1) is 13.9. The number of allylic oxidation sites excluding steroid dienone is 1. The normalized spacial score (nSPS) is 19.4. The molecule has 0 saturated carbocycles. The maximum absolute atomic E-state index is 13.8. The first-order valence-electron chi connectivity index (χ1n) is 8.60. The van der Waals surface area contributed by atoms with E-state index in [4.69, 9.17) is 4.74 Å². The number of aromatic nitrogens is 2. The van der Waals surface area contributed by atoms with E-state index in [1.165, 1.54) is 7.05 Å². The lowest BCUT2D eigenvalue weighted by Crippen LogP contribution is -2.49. The topological polar surface area (TPSA) is 147 Å². The molecule has 10 nitrogen and oxygen atoms in total. The molecule has 5 rings (SSSR count). The van der Waals surface area contributed by atoms with Gasteiger partial charge in [-0.15, -0.1) is 0 Å². The Morgan fingerprint density at radius 3 is 2.52 bits per heavy atom. The maximum Gasteiger partial charge on any atom is 0.328 e. The van der Waals surface area contributed by atoms with Crippen molar-refractivity contribution in [2.24, 2.45) is 0 Å². The van der Waals surface area contributed by atoms with Gasteiger partial charge in [0.2, 0.25) is 5.88 Å². The summed E-state index contributed by atoms with van der Waals surface area (Å²) < 4.78 is 5.45. The fourth-order valence-corrected chi connectivity index (χ4v) is 4.36. The highest BCUT2D eigenvalue weighted by molar-refractivity contribution is 6.23. The van der Waals surface area contributed by atoms with Crippen LogP contribution in [-0.4, -0.2) is 27.7 Å². The number of nitrogens with one attached hydrogen (secondary N) is 3. The zero-order chi connectivity index (χ0) is 20.5. The Hall–Kier alpha value is -4.21. The van der Waals surface area contributed by atoms with Crippen LogP contribution >= 0.6 is 0 Å². The summed E-state index contributed by atoms with van der Waals surface area (Å²) in [5.74, 6) is -1.28. The summed E-state index contributed by atoms with van der Waals surface area (Å²) in [5, 5.41) is 16.0. The molecular weight excluding hydrogens is 380 g/mol. The zero-order valence-corrected chi connectivity index (χ0v) is 14.9. The highest BCUT2D eigenvalue weighted by atomic mass is 16.6. The van der Waals surface area contributed by atoms with Gasteiger partial charge in [-0.3, -0.25) is 29.7 Å². The maximum atomic E-state index is 13.8. The number of carbonyl (C=O) groups is 1. The number of ketones is 1. The van der Waals surface area contributed by atoms with Gasteiger partial charge in [0.25, 0.3) is 11.4 Å². The molecule has 0 amide bonds. The number of hydrogen-bond donors (Lipinski definition) is 3. The third-order valence-electron chi connectivity index (χ3n) is 5.36. The van der Waals surface area contributed by atoms with E-state index >= 15 is 0 Å². The minimum Gasteiger partial charge on any atom is -0.418 e. The Bertz CT molecular complexity index is 1410. The van der Waals surface area contributed by atoms with E-state index in [2.05, 4.69) is 15.3 Å². The summed E-state index contributed by atoms with van der Waals surface area (Å²) in [7, 11) is 1.38. The number of rotatable bonds is 2. The molecule has 3 aromatic rings. The molecule has 29 heavy (non-hydrogen) atoms. The van der Waals surface area contributed by atoms with E-state index in [0.717, 1.165) is 0 Å². The molecule has 10 heteroatoms. The number of fused-ring (bicyclic) bond motifs is 3. The number of H-pyrrole nitrogens is 2. The van der Waals surface area contributed by atoms with Crippen molar-refractivity contribution in [2.45, 2.75) is 5.41 Å². The van der Waals surface area contributed by atoms with Crippen LogP contribution in [0.2, 0.25) is 0 Å². The van der Waals surface area contributed by atoms with Crippen LogP contribution in [0.25, 0.3) is 10.8 Å². The van der Waals surface area contributed by atoms with E-state index < -0.39 is 33.1 Å². The number of aromatic amines is 2. The molecule has 1 aliphatic carbocycles. The second-order valence-electron chi connectivity index (χ2n) is 6.69. The van der Waals surface area contributed by atoms with E-state index in [1.54, 1.807) is 36.4 Å². The number of Topliss-reactive ketones (excluding diaryl/α,β-unsaturated/α-hetero) is 1. The second-order valence-corrected chi connectivity index (χ2v) is 6.69. The van der Waals surface area contributed by atoms with Crippen LogP contribution in [0.5, 0.6) is 5.88 Å². The monoisotopic (exact) mass is 392 g/mol. The third kappa shape index (κ3) is 1.87. The van der Waals surface area contributed by atoms with Crippen molar-refractivity contribution < 1.29 is 14.5 Å². The van der Waals surface area contributed by atoms with E-state index in [9.17, 15) is 24.5 Å². The molecule has 0 bridgehead atoms. The minimum atomic E-state index is -2.07. The van der Waals surface area contributed by atoms with Crippen molar-refractivity contribution in [3.05, 3.63) is 95.6 Å². The lowest BCUT2D eigenvalue weighted by atomic mass is 9.71. The van der Waals surface area contributed by atoms with Crippen LogP contribution in [0.3, 0.4) is 0 Å². The zero-order valence-electron chi connectivity index (χ0n) is 14.9. The lowest BCUT2D eigenvalue weighted by molar-refractivity contribution is -0.436. The molecule has 1 unspecified atom stereocenters. The van der Waals surface area contributed by atoms with Gasteiger partial charge < -0.3 is 10.1 Å². The quantitative estimate of drug-likeness (QED) is 0.431. The Kier molecular flexibility index (Phi) is 3.16. The van der Waals surface area contributed by atoms with Crippen LogP contribution in [0.15, 0.2) is 57.6 Å². The third-order valence-corrected chi connectivity index (χ3v) is 5.36. The molecule has 1 atom stereocenters.